The predicted octanol–water partition coefficient (Wildman–Crippen LogP) is 2.55. The molecular formula is C8H7BrFNO. The Balaban J connectivity index is 3.31. The first-order valence-corrected chi connectivity index (χ1v) is 3.63. The lowest BCUT2D eigenvalue weighted by Gasteiger charge is -2.01. The number of carbonyl (C=O) groups is 1. The zero-order valence-corrected chi connectivity index (χ0v) is 7.25. The lowest BCUT2D eigenvalue weighted by atomic mass is 10.3. The fourth-order valence-corrected chi connectivity index (χ4v) is 0.842. The number of anilines is 1. The third kappa shape index (κ3) is 2.30. The molecule has 4 heteroatoms. The highest BCUT2D eigenvalue weighted by Crippen LogP contribution is 2.19. The Bertz CT molecular complexity index is 488. The van der Waals surface area contributed by atoms with Gasteiger partial charge in [-0.2, -0.15) is 0 Å². The average molecular weight is 238 g/mol. The van der Waals surface area contributed by atoms with Crippen LogP contribution in [-0.4, -0.2) is 5.91 Å². The van der Waals surface area contributed by atoms with Crippen molar-refractivity contribution >= 4 is 27.5 Å². The Labute approximate surface area is 86.3 Å². The second-order valence-electron chi connectivity index (χ2n) is 1.83. The molecule has 2 nitrogen and oxygen atoms in total. The van der Waals surface area contributed by atoms with Gasteiger partial charge < -0.3 is 5.32 Å². The van der Waals surface area contributed by atoms with Gasteiger partial charge in [0.2, 0.25) is 5.91 Å². The highest BCUT2D eigenvalue weighted by Gasteiger charge is 2.00. The van der Waals surface area contributed by atoms with Crippen molar-refractivity contribution in [3.05, 3.63) is 28.4 Å². The first-order valence-electron chi connectivity index (χ1n) is 5.83. The molecule has 0 aliphatic heterocycles. The molecule has 0 aliphatic carbocycles. The molecule has 1 N–H and O–H groups in total. The lowest BCUT2D eigenvalue weighted by molar-refractivity contribution is -0.114. The van der Waals surface area contributed by atoms with E-state index >= 15 is 0 Å². The predicted molar refractivity (Wildman–Crippen MR) is 48.4 cm³/mol. The number of hydrogen-bond donors (Lipinski definition) is 1. The third-order valence-electron chi connectivity index (χ3n) is 0.963. The summed E-state index contributed by atoms with van der Waals surface area (Å²) in [7, 11) is 0. The summed E-state index contributed by atoms with van der Waals surface area (Å²) >= 11 is 2.70. The van der Waals surface area contributed by atoms with Crippen molar-refractivity contribution in [2.75, 3.05) is 5.32 Å². The van der Waals surface area contributed by atoms with Crippen molar-refractivity contribution < 1.29 is 17.4 Å². The molecule has 0 aliphatic rings. The van der Waals surface area contributed by atoms with Crippen LogP contribution in [0.3, 0.4) is 0 Å². The average Bonchev–Trinajstić information content (AvgIpc) is 2.28. The number of hydrogen-bond acceptors (Lipinski definition) is 1. The molecule has 0 saturated carbocycles. The molecule has 0 atom stereocenters. The minimum atomic E-state index is -2.96. The first kappa shape index (κ1) is 3.87. The maximum Gasteiger partial charge on any atom is 0.221 e. The molecule has 0 saturated heterocycles. The van der Waals surface area contributed by atoms with E-state index < -0.39 is 46.9 Å². The molecular weight excluding hydrogens is 225 g/mol. The molecule has 0 bridgehead atoms. The Hall–Kier alpha value is -0.900. The molecule has 12 heavy (non-hydrogen) atoms. The second kappa shape index (κ2) is 3.67. The van der Waals surface area contributed by atoms with Gasteiger partial charge in [-0.1, -0.05) is 0 Å². The number of halogens is 2. The maximum atomic E-state index is 13.3. The monoisotopic (exact) mass is 237 g/mol. The molecule has 1 amide bonds. The molecule has 0 fully saturated rings. The van der Waals surface area contributed by atoms with Crippen LogP contribution in [0.15, 0.2) is 22.6 Å². The van der Waals surface area contributed by atoms with E-state index in [2.05, 4.69) is 15.9 Å². The van der Waals surface area contributed by atoms with Gasteiger partial charge in [0.25, 0.3) is 0 Å². The summed E-state index contributed by atoms with van der Waals surface area (Å²) in [6, 6.07) is -2.18. The van der Waals surface area contributed by atoms with E-state index in [9.17, 15) is 9.18 Å². The van der Waals surface area contributed by atoms with Crippen LogP contribution >= 0.6 is 15.9 Å². The summed E-state index contributed by atoms with van der Waals surface area (Å²) in [6.45, 7) is -2.96. The summed E-state index contributed by atoms with van der Waals surface area (Å²) in [5, 5.41) is 1.83. The first-order chi connectivity index (χ1) is 8.07. The van der Waals surface area contributed by atoms with E-state index in [-0.39, 0.29) is 0 Å². The van der Waals surface area contributed by atoms with Crippen LogP contribution in [0, 0.1) is 5.82 Å². The van der Waals surface area contributed by atoms with Gasteiger partial charge in [0.15, 0.2) is 0 Å². The van der Waals surface area contributed by atoms with E-state index in [0.29, 0.717) is 0 Å². The fraction of sp³-hybridized carbons (Fsp3) is 0.125. The van der Waals surface area contributed by atoms with Gasteiger partial charge in [-0.3, -0.25) is 4.79 Å². The van der Waals surface area contributed by atoms with Crippen molar-refractivity contribution in [3.63, 3.8) is 0 Å². The molecule has 1 rings (SSSR count). The van der Waals surface area contributed by atoms with E-state index in [4.69, 9.17) is 8.22 Å². The molecule has 0 radical (unpaired) electrons. The van der Waals surface area contributed by atoms with Crippen molar-refractivity contribution in [1.29, 1.82) is 0 Å². The van der Waals surface area contributed by atoms with Gasteiger partial charge >= 0.3 is 0 Å². The van der Waals surface area contributed by atoms with Gasteiger partial charge in [-0.05, 0) is 34.1 Å². The minimum Gasteiger partial charge on any atom is -0.326 e. The zero-order valence-electron chi connectivity index (χ0n) is 11.7. The minimum absolute atomic E-state index is 0.413. The van der Waals surface area contributed by atoms with Crippen molar-refractivity contribution in [2.24, 2.45) is 0 Å². The Kier molecular flexibility index (Phi) is 1.18. The largest absolute Gasteiger partial charge is 0.326 e. The Morgan fingerprint density at radius 2 is 2.58 bits per heavy atom. The molecule has 0 heterocycles. The van der Waals surface area contributed by atoms with E-state index in [1.807, 2.05) is 5.32 Å². The summed E-state index contributed by atoms with van der Waals surface area (Å²) < 4.78 is 55.6. The van der Waals surface area contributed by atoms with Gasteiger partial charge in [0.1, 0.15) is 5.82 Å². The van der Waals surface area contributed by atoms with Crippen LogP contribution in [0.2, 0.25) is 0 Å². The van der Waals surface area contributed by atoms with E-state index in [1.165, 1.54) is 0 Å². The van der Waals surface area contributed by atoms with E-state index in [1.54, 1.807) is 0 Å². The van der Waals surface area contributed by atoms with Crippen LogP contribution in [0.4, 0.5) is 10.1 Å². The second-order valence-corrected chi connectivity index (χ2v) is 2.63. The topological polar surface area (TPSA) is 29.1 Å². The highest BCUT2D eigenvalue weighted by atomic mass is 79.9. The van der Waals surface area contributed by atoms with Crippen LogP contribution in [0.1, 0.15) is 15.1 Å². The molecule has 1 aromatic rings. The van der Waals surface area contributed by atoms with Crippen molar-refractivity contribution in [1.82, 2.24) is 0 Å². The van der Waals surface area contributed by atoms with Gasteiger partial charge in [0, 0.05) is 16.7 Å². The van der Waals surface area contributed by atoms with Crippen LogP contribution in [0.5, 0.6) is 0 Å². The maximum absolute atomic E-state index is 13.3. The van der Waals surface area contributed by atoms with Crippen molar-refractivity contribution in [2.45, 2.75) is 6.85 Å². The highest BCUT2D eigenvalue weighted by molar-refractivity contribution is 9.10. The van der Waals surface area contributed by atoms with Gasteiger partial charge in [-0.25, -0.2) is 4.39 Å². The summed E-state index contributed by atoms with van der Waals surface area (Å²) in [5.41, 5.74) is -0.519. The standard InChI is InChI=1S/C8H7BrFNO/c1-5(12)11-6-2-3-8(10)7(9)4-6/h2-4H,1H3,(H,11,12)/i1D3,2D,3D,4D. The number of benzene rings is 1. The van der Waals surface area contributed by atoms with Crippen LogP contribution in [0.25, 0.3) is 0 Å². The zero-order chi connectivity index (χ0) is 14.2. The number of carbonyl (C=O) groups excluding carboxylic acids is 1. The van der Waals surface area contributed by atoms with E-state index in [0.717, 1.165) is 0 Å². The van der Waals surface area contributed by atoms with Crippen LogP contribution < -0.4 is 5.32 Å². The number of nitrogens with one attached hydrogen (secondary N) is 1. The van der Waals surface area contributed by atoms with Gasteiger partial charge in [0.05, 0.1) is 8.58 Å². The molecule has 1 aromatic carbocycles. The molecule has 0 aromatic heterocycles. The Morgan fingerprint density at radius 1 is 1.83 bits per heavy atom. The number of amides is 1. The smallest absolute Gasteiger partial charge is 0.221 e. The molecule has 0 spiro atoms. The van der Waals surface area contributed by atoms with Gasteiger partial charge in [-0.15, -0.1) is 0 Å². The lowest BCUT2D eigenvalue weighted by Crippen LogP contribution is -2.05. The fourth-order valence-electron chi connectivity index (χ4n) is 0.544. The summed E-state index contributed by atoms with van der Waals surface area (Å²) in [5.74, 6) is -2.51. The van der Waals surface area contributed by atoms with Crippen molar-refractivity contribution in [3.8, 4) is 0 Å². The van der Waals surface area contributed by atoms with Crippen LogP contribution in [-0.2, 0) is 4.79 Å². The third-order valence-corrected chi connectivity index (χ3v) is 1.51. The molecule has 0 unspecified atom stereocenters. The normalized spacial score (nSPS) is 17.8. The molecule has 64 valence electrons. The Morgan fingerprint density at radius 3 is 3.25 bits per heavy atom. The quantitative estimate of drug-likeness (QED) is 0.800. The number of rotatable bonds is 1. The summed E-state index contributed by atoms with van der Waals surface area (Å²) in [4.78, 5) is 11.2. The summed E-state index contributed by atoms with van der Waals surface area (Å²) in [6.07, 6.45) is 0. The SMILES string of the molecule is [2H]c1c([2H])c(NC(=O)C([2H])([2H])[2H])c([2H])c(Br)c1F.